The lowest BCUT2D eigenvalue weighted by atomic mass is 9.83. The summed E-state index contributed by atoms with van der Waals surface area (Å²) in [6, 6.07) is 12.2. The average molecular weight is 380 g/mol. The minimum absolute atomic E-state index is 0.104. The number of piperazine rings is 1. The van der Waals surface area contributed by atoms with E-state index in [1.807, 2.05) is 36.7 Å². The van der Waals surface area contributed by atoms with Gasteiger partial charge in [0.25, 0.3) is 0 Å². The second-order valence-corrected chi connectivity index (χ2v) is 8.72. The Kier molecular flexibility index (Phi) is 4.59. The van der Waals surface area contributed by atoms with Crippen LogP contribution >= 0.6 is 0 Å². The highest BCUT2D eigenvalue weighted by Gasteiger charge is 2.55. The zero-order valence-corrected chi connectivity index (χ0v) is 16.1. The van der Waals surface area contributed by atoms with Crippen molar-refractivity contribution in [1.29, 1.82) is 0 Å². The monoisotopic (exact) mass is 380 g/mol. The van der Waals surface area contributed by atoms with Crippen molar-refractivity contribution in [2.24, 2.45) is 0 Å². The molecule has 3 saturated heterocycles. The number of nitrogens with zero attached hydrogens (tertiary/aromatic N) is 4. The third-order valence-electron chi connectivity index (χ3n) is 6.54. The molecule has 6 heteroatoms. The number of benzene rings is 1. The molecule has 2 N–H and O–H groups in total. The van der Waals surface area contributed by atoms with E-state index in [1.54, 1.807) is 6.07 Å². The summed E-state index contributed by atoms with van der Waals surface area (Å²) in [5.41, 5.74) is 2.33. The number of pyridine rings is 1. The maximum Gasteiger partial charge on any atom is 0.120 e. The van der Waals surface area contributed by atoms with E-state index < -0.39 is 0 Å². The lowest BCUT2D eigenvalue weighted by Gasteiger charge is -2.61. The Hall–Kier alpha value is -1.99. The highest BCUT2D eigenvalue weighted by molar-refractivity contribution is 5.32. The summed E-state index contributed by atoms with van der Waals surface area (Å²) in [5, 5.41) is 20.4. The average Bonchev–Trinajstić information content (AvgIpc) is 3.03. The first-order valence-corrected chi connectivity index (χ1v) is 10.2. The van der Waals surface area contributed by atoms with Crippen molar-refractivity contribution < 1.29 is 10.2 Å². The van der Waals surface area contributed by atoms with E-state index in [2.05, 4.69) is 25.8 Å². The second kappa shape index (κ2) is 7.12. The number of aliphatic hydroxyl groups is 1. The van der Waals surface area contributed by atoms with Crippen LogP contribution in [0.15, 0.2) is 48.8 Å². The smallest absolute Gasteiger partial charge is 0.120 e. The van der Waals surface area contributed by atoms with Crippen LogP contribution in [-0.2, 0) is 13.1 Å². The topological polar surface area (TPSA) is 63.1 Å². The van der Waals surface area contributed by atoms with Gasteiger partial charge in [-0.1, -0.05) is 24.3 Å². The standard InChI is InChI=1S/C22H28N4O2/c27-20-8-19-12-24(10-17-4-3-7-23-9-17)14-22(26(19)13-20)15-25(16-22)11-18-5-1-2-6-21(18)28/h1-7,9,19-20,27-28H,8,10-16H2. The highest BCUT2D eigenvalue weighted by Crippen LogP contribution is 2.40. The summed E-state index contributed by atoms with van der Waals surface area (Å²) >= 11 is 0. The molecule has 2 atom stereocenters. The minimum Gasteiger partial charge on any atom is -0.508 e. The van der Waals surface area contributed by atoms with E-state index in [1.165, 1.54) is 5.56 Å². The van der Waals surface area contributed by atoms with Crippen LogP contribution < -0.4 is 0 Å². The molecule has 0 amide bonds. The number of aromatic hydroxyl groups is 1. The van der Waals surface area contributed by atoms with Gasteiger partial charge in [0, 0.05) is 69.8 Å². The fourth-order valence-corrected chi connectivity index (χ4v) is 5.45. The number of fused-ring (bicyclic) bond motifs is 2. The van der Waals surface area contributed by atoms with Crippen molar-refractivity contribution in [3.63, 3.8) is 0 Å². The zero-order chi connectivity index (χ0) is 19.1. The van der Waals surface area contributed by atoms with E-state index in [9.17, 15) is 10.2 Å². The van der Waals surface area contributed by atoms with Crippen molar-refractivity contribution in [3.05, 3.63) is 59.9 Å². The van der Waals surface area contributed by atoms with E-state index in [0.29, 0.717) is 11.8 Å². The van der Waals surface area contributed by atoms with E-state index in [4.69, 9.17) is 0 Å². The summed E-state index contributed by atoms with van der Waals surface area (Å²) in [7, 11) is 0. The van der Waals surface area contributed by atoms with Gasteiger partial charge < -0.3 is 10.2 Å². The molecule has 28 heavy (non-hydrogen) atoms. The van der Waals surface area contributed by atoms with Crippen LogP contribution in [0.1, 0.15) is 17.5 Å². The van der Waals surface area contributed by atoms with Crippen molar-refractivity contribution in [1.82, 2.24) is 19.7 Å². The van der Waals surface area contributed by atoms with Gasteiger partial charge >= 0.3 is 0 Å². The number of β-amino-alcohol motifs (C(OH)–C–C–N with tert-alkyl or cyclic N) is 1. The molecule has 0 radical (unpaired) electrons. The fraction of sp³-hybridized carbons (Fsp3) is 0.500. The number of aliphatic hydroxyl groups excluding tert-OH is 1. The van der Waals surface area contributed by atoms with Gasteiger partial charge in [-0.15, -0.1) is 0 Å². The summed E-state index contributed by atoms with van der Waals surface area (Å²) in [4.78, 5) is 11.8. The van der Waals surface area contributed by atoms with Crippen LogP contribution in [0.4, 0.5) is 0 Å². The molecule has 3 aliphatic heterocycles. The summed E-state index contributed by atoms with van der Waals surface area (Å²) in [6.07, 6.45) is 4.42. The molecule has 1 aromatic heterocycles. The quantitative estimate of drug-likeness (QED) is 0.834. The lowest BCUT2D eigenvalue weighted by Crippen LogP contribution is -2.77. The molecule has 0 saturated carbocycles. The Bertz CT molecular complexity index is 824. The SMILES string of the molecule is Oc1ccccc1CN1CC2(CN(Cc3cccnc3)CC3CC(O)CN32)C1. The largest absolute Gasteiger partial charge is 0.508 e. The number of phenolic OH excluding ortho intramolecular Hbond substituents is 1. The van der Waals surface area contributed by atoms with Crippen molar-refractivity contribution in [2.45, 2.75) is 37.2 Å². The number of para-hydroxylation sites is 1. The Morgan fingerprint density at radius 1 is 1.00 bits per heavy atom. The van der Waals surface area contributed by atoms with Gasteiger partial charge in [-0.3, -0.25) is 19.7 Å². The molecule has 148 valence electrons. The number of hydrogen-bond acceptors (Lipinski definition) is 6. The molecule has 4 heterocycles. The van der Waals surface area contributed by atoms with Gasteiger partial charge in [-0.05, 0) is 24.1 Å². The van der Waals surface area contributed by atoms with E-state index in [-0.39, 0.29) is 11.6 Å². The van der Waals surface area contributed by atoms with Gasteiger partial charge in [0.1, 0.15) is 5.75 Å². The number of phenols is 1. The summed E-state index contributed by atoms with van der Waals surface area (Å²) in [5.74, 6) is 0.375. The van der Waals surface area contributed by atoms with E-state index in [0.717, 1.165) is 57.8 Å². The molecule has 0 aliphatic carbocycles. The molecular weight excluding hydrogens is 352 g/mol. The number of likely N-dealkylation sites (tertiary alicyclic amines) is 1. The third-order valence-corrected chi connectivity index (χ3v) is 6.54. The van der Waals surface area contributed by atoms with Crippen LogP contribution in [0, 0.1) is 0 Å². The van der Waals surface area contributed by atoms with Crippen LogP contribution in [-0.4, -0.2) is 80.3 Å². The molecule has 5 rings (SSSR count). The van der Waals surface area contributed by atoms with Crippen LogP contribution in [0.5, 0.6) is 5.75 Å². The molecule has 2 unspecified atom stereocenters. The normalized spacial score (nSPS) is 27.6. The minimum atomic E-state index is -0.215. The molecule has 3 aliphatic rings. The fourth-order valence-electron chi connectivity index (χ4n) is 5.45. The van der Waals surface area contributed by atoms with Crippen molar-refractivity contribution in [3.8, 4) is 5.75 Å². The lowest BCUT2D eigenvalue weighted by molar-refractivity contribution is -0.118. The Labute approximate surface area is 166 Å². The number of aromatic nitrogens is 1. The van der Waals surface area contributed by atoms with Gasteiger partial charge in [0.2, 0.25) is 0 Å². The van der Waals surface area contributed by atoms with E-state index >= 15 is 0 Å². The molecule has 6 nitrogen and oxygen atoms in total. The van der Waals surface area contributed by atoms with Crippen molar-refractivity contribution >= 4 is 0 Å². The first kappa shape index (κ1) is 18.1. The zero-order valence-electron chi connectivity index (χ0n) is 16.1. The maximum atomic E-state index is 10.3. The third kappa shape index (κ3) is 3.31. The molecular formula is C22H28N4O2. The molecule has 0 bridgehead atoms. The Balaban J connectivity index is 1.30. The summed E-state index contributed by atoms with van der Waals surface area (Å²) < 4.78 is 0. The highest BCUT2D eigenvalue weighted by atomic mass is 16.3. The van der Waals surface area contributed by atoms with Crippen LogP contribution in [0.2, 0.25) is 0 Å². The van der Waals surface area contributed by atoms with Gasteiger partial charge in [0.15, 0.2) is 0 Å². The number of hydrogen-bond donors (Lipinski definition) is 2. The molecule has 1 spiro atoms. The predicted molar refractivity (Wildman–Crippen MR) is 107 cm³/mol. The van der Waals surface area contributed by atoms with Gasteiger partial charge in [-0.25, -0.2) is 0 Å². The maximum absolute atomic E-state index is 10.3. The predicted octanol–water partition coefficient (Wildman–Crippen LogP) is 1.29. The first-order valence-electron chi connectivity index (χ1n) is 10.2. The van der Waals surface area contributed by atoms with Crippen LogP contribution in [0.25, 0.3) is 0 Å². The molecule has 1 aromatic carbocycles. The molecule has 2 aromatic rings. The summed E-state index contributed by atoms with van der Waals surface area (Å²) in [6.45, 7) is 6.46. The van der Waals surface area contributed by atoms with Gasteiger partial charge in [-0.2, -0.15) is 0 Å². The van der Waals surface area contributed by atoms with Crippen molar-refractivity contribution in [2.75, 3.05) is 32.7 Å². The Morgan fingerprint density at radius 3 is 2.61 bits per heavy atom. The first-order chi connectivity index (χ1) is 13.6. The second-order valence-electron chi connectivity index (χ2n) is 8.72. The molecule has 3 fully saturated rings. The Morgan fingerprint density at radius 2 is 1.82 bits per heavy atom. The number of rotatable bonds is 4. The van der Waals surface area contributed by atoms with Crippen LogP contribution in [0.3, 0.4) is 0 Å². The van der Waals surface area contributed by atoms with Gasteiger partial charge in [0.05, 0.1) is 11.6 Å².